The van der Waals surface area contributed by atoms with Gasteiger partial charge in [0.05, 0.1) is 16.3 Å². The minimum atomic E-state index is -4.57. The molecule has 0 aliphatic rings. The number of aliphatic carboxylic acids is 1. The predicted octanol–water partition coefficient (Wildman–Crippen LogP) is 0.675. The molecule has 0 atom stereocenters. The number of hydrogen-bond acceptors (Lipinski definition) is 8. The first-order valence-corrected chi connectivity index (χ1v) is 10.7. The third kappa shape index (κ3) is 6.95. The molecule has 0 saturated carbocycles. The minimum absolute atomic E-state index is 0. The van der Waals surface area contributed by atoms with E-state index in [0.717, 1.165) is 41.3 Å². The number of phenols is 2. The van der Waals surface area contributed by atoms with Crippen LogP contribution < -0.4 is 0 Å². The van der Waals surface area contributed by atoms with Crippen molar-refractivity contribution in [2.24, 2.45) is 0 Å². The monoisotopic (exact) mass is 503 g/mol. The molecule has 0 saturated heterocycles. The number of carboxylic acid groups (broad SMARTS) is 1. The molecular formula is C16H17FeNO10S2. The van der Waals surface area contributed by atoms with Crippen molar-refractivity contribution in [3.8, 4) is 11.5 Å². The maximum atomic E-state index is 11.3. The van der Waals surface area contributed by atoms with Crippen molar-refractivity contribution in [2.45, 2.75) is 22.9 Å². The molecule has 14 heteroatoms. The molecule has 2 rings (SSSR count). The Bertz CT molecular complexity index is 1070. The Morgan fingerprint density at radius 2 is 1.17 bits per heavy atom. The average molecular weight is 503 g/mol. The number of nitrogens with zero attached hydrogens (tertiary/aromatic N) is 1. The Balaban J connectivity index is 0.00000450. The van der Waals surface area contributed by atoms with Gasteiger partial charge in [-0.1, -0.05) is 0 Å². The number of hydrogen-bond donors (Lipinski definition) is 5. The van der Waals surface area contributed by atoms with Crippen molar-refractivity contribution in [2.75, 3.05) is 6.54 Å². The number of phenolic OH excluding ortho intramolecular Hbond substituents is 2. The second kappa shape index (κ2) is 9.74. The minimum Gasteiger partial charge on any atom is -0.508 e. The molecule has 2 aromatic carbocycles. The van der Waals surface area contributed by atoms with E-state index in [1.165, 1.54) is 0 Å². The summed E-state index contributed by atoms with van der Waals surface area (Å²) in [6.45, 7) is -1.26. The topological polar surface area (TPSA) is 190 Å². The Morgan fingerprint density at radius 1 is 0.800 bits per heavy atom. The Morgan fingerprint density at radius 3 is 1.47 bits per heavy atom. The van der Waals surface area contributed by atoms with Gasteiger partial charge in [-0.15, -0.1) is 0 Å². The summed E-state index contributed by atoms with van der Waals surface area (Å²) in [7, 11) is -9.14. The van der Waals surface area contributed by atoms with E-state index >= 15 is 0 Å². The summed E-state index contributed by atoms with van der Waals surface area (Å²) in [6, 6.07) is 5.83. The third-order valence-electron chi connectivity index (χ3n) is 3.84. The van der Waals surface area contributed by atoms with Crippen molar-refractivity contribution in [3.05, 3.63) is 47.5 Å². The Hall–Kier alpha value is -2.19. The van der Waals surface area contributed by atoms with E-state index in [0.29, 0.717) is 0 Å². The van der Waals surface area contributed by atoms with Gasteiger partial charge in [-0.25, -0.2) is 0 Å². The van der Waals surface area contributed by atoms with Crippen LogP contribution in [0, 0.1) is 0 Å². The summed E-state index contributed by atoms with van der Waals surface area (Å²) in [6.07, 6.45) is 0. The first-order chi connectivity index (χ1) is 13.3. The van der Waals surface area contributed by atoms with Gasteiger partial charge in [0.1, 0.15) is 11.5 Å². The summed E-state index contributed by atoms with van der Waals surface area (Å²) < 4.78 is 63.4. The number of aromatic hydroxyl groups is 2. The predicted molar refractivity (Wildman–Crippen MR) is 97.6 cm³/mol. The van der Waals surface area contributed by atoms with Gasteiger partial charge in [-0.05, 0) is 36.4 Å². The molecule has 0 bridgehead atoms. The van der Waals surface area contributed by atoms with E-state index in [1.807, 2.05) is 0 Å². The first kappa shape index (κ1) is 25.8. The number of benzene rings is 2. The van der Waals surface area contributed by atoms with Gasteiger partial charge in [0, 0.05) is 41.3 Å². The molecule has 0 aromatic heterocycles. The van der Waals surface area contributed by atoms with Gasteiger partial charge in [-0.3, -0.25) is 18.8 Å². The molecule has 0 aliphatic heterocycles. The van der Waals surface area contributed by atoms with Crippen LogP contribution in [0.15, 0.2) is 46.2 Å². The van der Waals surface area contributed by atoms with Crippen LogP contribution in [0.2, 0.25) is 0 Å². The normalized spacial score (nSPS) is 11.8. The quantitative estimate of drug-likeness (QED) is 0.252. The molecule has 0 fully saturated rings. The zero-order valence-corrected chi connectivity index (χ0v) is 17.7. The van der Waals surface area contributed by atoms with E-state index in [9.17, 15) is 31.8 Å². The number of carbonyl (C=O) groups is 1. The van der Waals surface area contributed by atoms with Gasteiger partial charge in [0.2, 0.25) is 0 Å². The van der Waals surface area contributed by atoms with Gasteiger partial charge in [-0.2, -0.15) is 16.8 Å². The molecule has 2 aromatic rings. The van der Waals surface area contributed by atoms with Gasteiger partial charge < -0.3 is 15.3 Å². The molecule has 5 N–H and O–H groups in total. The first-order valence-electron chi connectivity index (χ1n) is 7.80. The summed E-state index contributed by atoms with van der Waals surface area (Å²) in [5.74, 6) is -2.03. The number of carboxylic acids is 1. The molecule has 0 unspecified atom stereocenters. The second-order valence-corrected chi connectivity index (χ2v) is 8.91. The van der Waals surface area contributed by atoms with Crippen molar-refractivity contribution in [3.63, 3.8) is 0 Å². The molecule has 0 amide bonds. The third-order valence-corrected chi connectivity index (χ3v) is 5.54. The molecule has 0 spiro atoms. The van der Waals surface area contributed by atoms with E-state index in [1.54, 1.807) is 0 Å². The molecule has 166 valence electrons. The van der Waals surface area contributed by atoms with Crippen LogP contribution in [0.3, 0.4) is 0 Å². The van der Waals surface area contributed by atoms with Gasteiger partial charge >= 0.3 is 5.97 Å². The van der Waals surface area contributed by atoms with E-state index in [-0.39, 0.29) is 52.8 Å². The Kier molecular flexibility index (Phi) is 8.40. The van der Waals surface area contributed by atoms with Crippen LogP contribution in [0.25, 0.3) is 0 Å². The maximum absolute atomic E-state index is 11.3. The van der Waals surface area contributed by atoms with E-state index in [2.05, 4.69) is 0 Å². The SMILES string of the molecule is O=C(O)CN(Cc1cc(S(=O)(=O)O)ccc1O)Cc1cc(S(=O)(=O)O)ccc1O.[Fe]. The summed E-state index contributed by atoms with van der Waals surface area (Å²) in [4.78, 5) is 11.3. The van der Waals surface area contributed by atoms with Crippen LogP contribution in [0.4, 0.5) is 0 Å². The van der Waals surface area contributed by atoms with Crippen LogP contribution in [-0.2, 0) is 55.2 Å². The van der Waals surface area contributed by atoms with Gasteiger partial charge in [0.15, 0.2) is 0 Å². The van der Waals surface area contributed by atoms with Crippen LogP contribution in [0.1, 0.15) is 11.1 Å². The smallest absolute Gasteiger partial charge is 0.317 e. The Labute approximate surface area is 182 Å². The largest absolute Gasteiger partial charge is 0.508 e. The maximum Gasteiger partial charge on any atom is 0.317 e. The van der Waals surface area contributed by atoms with Crippen LogP contribution in [-0.4, -0.2) is 58.7 Å². The summed E-state index contributed by atoms with van der Waals surface area (Å²) >= 11 is 0. The zero-order chi connectivity index (χ0) is 22.0. The fraction of sp³-hybridized carbons (Fsp3) is 0.188. The summed E-state index contributed by atoms with van der Waals surface area (Å²) in [5, 5.41) is 29.0. The van der Waals surface area contributed by atoms with E-state index in [4.69, 9.17) is 14.2 Å². The standard InChI is InChI=1S/C16H17NO10S2.Fe/c18-14-3-1-12(28(22,23)24)5-10(14)7-17(9-16(20)21)8-11-6-13(29(25,26)27)2-4-15(11)19;/h1-6,18-19H,7-9H2,(H,20,21)(H,22,23,24)(H,25,26,27);. The van der Waals surface area contributed by atoms with Crippen LogP contribution in [0.5, 0.6) is 11.5 Å². The fourth-order valence-corrected chi connectivity index (χ4v) is 3.60. The van der Waals surface area contributed by atoms with E-state index < -0.39 is 42.5 Å². The van der Waals surface area contributed by atoms with Crippen molar-refractivity contribution >= 4 is 26.2 Å². The molecule has 11 nitrogen and oxygen atoms in total. The fourth-order valence-electron chi connectivity index (χ4n) is 2.54. The van der Waals surface area contributed by atoms with Crippen molar-refractivity contribution < 1.29 is 63.1 Å². The second-order valence-electron chi connectivity index (χ2n) is 6.07. The zero-order valence-electron chi connectivity index (χ0n) is 15.0. The summed E-state index contributed by atoms with van der Waals surface area (Å²) in [5.41, 5.74) is -0.0707. The van der Waals surface area contributed by atoms with Crippen LogP contribution >= 0.6 is 0 Å². The van der Waals surface area contributed by atoms with Crippen molar-refractivity contribution in [1.29, 1.82) is 0 Å². The van der Waals surface area contributed by atoms with Gasteiger partial charge in [0.25, 0.3) is 20.2 Å². The number of rotatable bonds is 8. The molecule has 30 heavy (non-hydrogen) atoms. The molecule has 0 heterocycles. The van der Waals surface area contributed by atoms with Crippen molar-refractivity contribution in [1.82, 2.24) is 4.90 Å². The molecular weight excluding hydrogens is 486 g/mol. The molecule has 0 radical (unpaired) electrons. The molecule has 0 aliphatic carbocycles. The average Bonchev–Trinajstić information content (AvgIpc) is 2.56.